The summed E-state index contributed by atoms with van der Waals surface area (Å²) in [6.45, 7) is 3.03. The van der Waals surface area contributed by atoms with Crippen molar-refractivity contribution >= 4 is 58.1 Å². The van der Waals surface area contributed by atoms with E-state index in [-0.39, 0.29) is 37.3 Å². The topological polar surface area (TPSA) is 84.6 Å². The summed E-state index contributed by atoms with van der Waals surface area (Å²) in [6, 6.07) is 1.41. The van der Waals surface area contributed by atoms with Crippen LogP contribution in [0.3, 0.4) is 0 Å². The van der Waals surface area contributed by atoms with Gasteiger partial charge in [0.05, 0.1) is 16.8 Å². The number of methoxy groups -OCH3 is 1. The van der Waals surface area contributed by atoms with Crippen LogP contribution in [0, 0.1) is 0 Å². The molecule has 1 aliphatic rings. The van der Waals surface area contributed by atoms with Crippen molar-refractivity contribution in [2.24, 2.45) is 5.73 Å². The number of amides is 1. The second kappa shape index (κ2) is 9.33. The van der Waals surface area contributed by atoms with Crippen molar-refractivity contribution < 1.29 is 9.53 Å². The number of nitrogens with zero attached hydrogens (tertiary/aromatic N) is 4. The molecule has 0 saturated carbocycles. The highest BCUT2D eigenvalue weighted by Gasteiger charge is 2.26. The van der Waals surface area contributed by atoms with Crippen LogP contribution < -0.4 is 10.6 Å². The van der Waals surface area contributed by atoms with Gasteiger partial charge in [0.15, 0.2) is 0 Å². The number of hydrogen-bond acceptors (Lipinski definition) is 7. The van der Waals surface area contributed by atoms with E-state index in [9.17, 15) is 4.79 Å². The Morgan fingerprint density at radius 1 is 1.33 bits per heavy atom. The van der Waals surface area contributed by atoms with Gasteiger partial charge in [-0.2, -0.15) is 0 Å². The van der Waals surface area contributed by atoms with E-state index in [1.54, 1.807) is 29.7 Å². The van der Waals surface area contributed by atoms with Crippen LogP contribution in [-0.4, -0.2) is 66.7 Å². The fourth-order valence-corrected chi connectivity index (χ4v) is 3.49. The van der Waals surface area contributed by atoms with E-state index in [0.717, 1.165) is 29.1 Å². The number of carbonyl (C=O) groups is 1. The lowest BCUT2D eigenvalue weighted by atomic mass is 10.2. The van der Waals surface area contributed by atoms with Gasteiger partial charge < -0.3 is 20.3 Å². The van der Waals surface area contributed by atoms with Crippen molar-refractivity contribution in [2.75, 3.05) is 44.8 Å². The summed E-state index contributed by atoms with van der Waals surface area (Å²) in [4.78, 5) is 24.9. The zero-order valence-corrected chi connectivity index (χ0v) is 15.7. The predicted molar refractivity (Wildman–Crippen MR) is 101 cm³/mol. The normalized spacial score (nSPS) is 15.6. The first-order chi connectivity index (χ1) is 10.7. The Morgan fingerprint density at radius 3 is 2.71 bits per heavy atom. The second-order valence-electron chi connectivity index (χ2n) is 5.21. The highest BCUT2D eigenvalue weighted by Crippen LogP contribution is 2.28. The Morgan fingerprint density at radius 2 is 2.04 bits per heavy atom. The van der Waals surface area contributed by atoms with Crippen LogP contribution in [0.15, 0.2) is 17.8 Å². The highest BCUT2D eigenvalue weighted by atomic mass is 35.5. The van der Waals surface area contributed by atoms with Crippen LogP contribution in [0.1, 0.15) is 0 Å². The Balaban J connectivity index is 0.00000144. The lowest BCUT2D eigenvalue weighted by Gasteiger charge is -2.36. The van der Waals surface area contributed by atoms with E-state index in [0.29, 0.717) is 13.1 Å². The number of piperazine rings is 1. The zero-order chi connectivity index (χ0) is 15.5. The zero-order valence-electron chi connectivity index (χ0n) is 13.3. The molecule has 0 aromatic carbocycles. The molecule has 134 valence electrons. The molecule has 0 spiro atoms. The SMILES string of the molecule is COCC(N)C(=O)N1CCN(c2ncnc3ccsc23)CC1.Cl.Cl. The van der Waals surface area contributed by atoms with E-state index in [4.69, 9.17) is 10.5 Å². The van der Waals surface area contributed by atoms with Crippen molar-refractivity contribution in [3.63, 3.8) is 0 Å². The molecule has 24 heavy (non-hydrogen) atoms. The molecule has 1 fully saturated rings. The first kappa shape index (κ1) is 20.9. The third kappa shape index (κ3) is 4.25. The quantitative estimate of drug-likeness (QED) is 0.838. The van der Waals surface area contributed by atoms with E-state index < -0.39 is 6.04 Å². The van der Waals surface area contributed by atoms with Gasteiger partial charge in [-0.25, -0.2) is 9.97 Å². The number of anilines is 1. The molecule has 7 nitrogen and oxygen atoms in total. The lowest BCUT2D eigenvalue weighted by Crippen LogP contribution is -2.54. The van der Waals surface area contributed by atoms with Gasteiger partial charge in [0.25, 0.3) is 0 Å². The van der Waals surface area contributed by atoms with E-state index in [2.05, 4.69) is 14.9 Å². The van der Waals surface area contributed by atoms with Gasteiger partial charge >= 0.3 is 0 Å². The minimum absolute atomic E-state index is 0. The van der Waals surface area contributed by atoms with Crippen LogP contribution in [0.2, 0.25) is 0 Å². The molecule has 0 radical (unpaired) electrons. The van der Waals surface area contributed by atoms with Crippen LogP contribution in [0.5, 0.6) is 0 Å². The molecule has 2 aromatic rings. The summed E-state index contributed by atoms with van der Waals surface area (Å²) in [5.41, 5.74) is 6.78. The minimum atomic E-state index is -0.584. The molecule has 2 aromatic heterocycles. The third-order valence-electron chi connectivity index (χ3n) is 3.78. The number of nitrogens with two attached hydrogens (primary N) is 1. The van der Waals surface area contributed by atoms with Crippen molar-refractivity contribution in [2.45, 2.75) is 6.04 Å². The smallest absolute Gasteiger partial charge is 0.241 e. The summed E-state index contributed by atoms with van der Waals surface area (Å²) in [7, 11) is 1.55. The maximum atomic E-state index is 12.2. The molecule has 2 N–H and O–H groups in total. The van der Waals surface area contributed by atoms with Crippen LogP contribution in [0.25, 0.3) is 10.2 Å². The van der Waals surface area contributed by atoms with E-state index in [1.165, 1.54) is 0 Å². The summed E-state index contributed by atoms with van der Waals surface area (Å²) in [6.07, 6.45) is 1.59. The van der Waals surface area contributed by atoms with Gasteiger partial charge in [0.2, 0.25) is 5.91 Å². The molecule has 0 bridgehead atoms. The molecule has 1 aliphatic heterocycles. The van der Waals surface area contributed by atoms with Crippen molar-refractivity contribution in [3.05, 3.63) is 17.8 Å². The number of aromatic nitrogens is 2. The maximum absolute atomic E-state index is 12.2. The second-order valence-corrected chi connectivity index (χ2v) is 6.12. The Labute approximate surface area is 157 Å². The number of thiophene rings is 1. The number of fused-ring (bicyclic) bond motifs is 1. The number of ether oxygens (including phenoxy) is 1. The molecule has 1 unspecified atom stereocenters. The Kier molecular flexibility index (Phi) is 8.11. The average molecular weight is 394 g/mol. The van der Waals surface area contributed by atoms with Crippen LogP contribution >= 0.6 is 36.2 Å². The molecule has 0 aliphatic carbocycles. The standard InChI is InChI=1S/C14H19N5O2S.2ClH/c1-21-8-10(15)14(20)19-5-3-18(4-6-19)13-12-11(2-7-22-12)16-9-17-13;;/h2,7,9-10H,3-6,8,15H2,1H3;2*1H. The third-order valence-corrected chi connectivity index (χ3v) is 4.68. The minimum Gasteiger partial charge on any atom is -0.383 e. The number of hydrogen-bond donors (Lipinski definition) is 1. The van der Waals surface area contributed by atoms with Crippen molar-refractivity contribution in [3.8, 4) is 0 Å². The lowest BCUT2D eigenvalue weighted by molar-refractivity contribution is -0.134. The van der Waals surface area contributed by atoms with Gasteiger partial charge in [0.1, 0.15) is 18.2 Å². The molecule has 1 atom stereocenters. The summed E-state index contributed by atoms with van der Waals surface area (Å²) in [5.74, 6) is 0.902. The van der Waals surface area contributed by atoms with Gasteiger partial charge in [-0.1, -0.05) is 0 Å². The summed E-state index contributed by atoms with van der Waals surface area (Å²) < 4.78 is 6.04. The van der Waals surface area contributed by atoms with Crippen LogP contribution in [0.4, 0.5) is 5.82 Å². The fraction of sp³-hybridized carbons (Fsp3) is 0.500. The van der Waals surface area contributed by atoms with Crippen LogP contribution in [-0.2, 0) is 9.53 Å². The van der Waals surface area contributed by atoms with Crippen molar-refractivity contribution in [1.82, 2.24) is 14.9 Å². The van der Waals surface area contributed by atoms with Crippen molar-refractivity contribution in [1.29, 1.82) is 0 Å². The molecular formula is C14H21Cl2N5O2S. The van der Waals surface area contributed by atoms with Gasteiger partial charge in [0, 0.05) is 33.3 Å². The molecule has 3 heterocycles. The average Bonchev–Trinajstić information content (AvgIpc) is 3.03. The number of carbonyl (C=O) groups excluding carboxylic acids is 1. The number of halogens is 2. The Hall–Kier alpha value is -1.19. The molecule has 1 amide bonds. The predicted octanol–water partition coefficient (Wildman–Crippen LogP) is 1.16. The number of rotatable bonds is 4. The van der Waals surface area contributed by atoms with E-state index in [1.807, 2.05) is 11.4 Å². The van der Waals surface area contributed by atoms with E-state index >= 15 is 0 Å². The molecule has 10 heteroatoms. The largest absolute Gasteiger partial charge is 0.383 e. The maximum Gasteiger partial charge on any atom is 0.241 e. The fourth-order valence-electron chi connectivity index (χ4n) is 2.63. The van der Waals surface area contributed by atoms with Gasteiger partial charge in [-0.3, -0.25) is 4.79 Å². The van der Waals surface area contributed by atoms with Gasteiger partial charge in [-0.15, -0.1) is 36.2 Å². The monoisotopic (exact) mass is 393 g/mol. The summed E-state index contributed by atoms with van der Waals surface area (Å²) >= 11 is 1.64. The van der Waals surface area contributed by atoms with Gasteiger partial charge in [-0.05, 0) is 11.4 Å². The highest BCUT2D eigenvalue weighted by molar-refractivity contribution is 7.17. The first-order valence-corrected chi connectivity index (χ1v) is 8.05. The molecular weight excluding hydrogens is 373 g/mol. The molecule has 1 saturated heterocycles. The Bertz CT molecular complexity index is 663. The first-order valence-electron chi connectivity index (χ1n) is 7.17. The molecule has 3 rings (SSSR count). The summed E-state index contributed by atoms with van der Waals surface area (Å²) in [5, 5.41) is 2.02.